The quantitative estimate of drug-likeness (QED) is 0.693. The summed E-state index contributed by atoms with van der Waals surface area (Å²) < 4.78 is 7.23. The van der Waals surface area contributed by atoms with Crippen molar-refractivity contribution in [1.82, 2.24) is 9.38 Å². The van der Waals surface area contributed by atoms with Gasteiger partial charge in [-0.25, -0.2) is 4.98 Å². The van der Waals surface area contributed by atoms with Gasteiger partial charge in [-0.2, -0.15) is 0 Å². The Hall–Kier alpha value is -3.15. The normalized spacial score (nSPS) is 10.7. The molecule has 6 nitrogen and oxygen atoms in total. The Morgan fingerprint density at radius 3 is 2.70 bits per heavy atom. The van der Waals surface area contributed by atoms with Crippen molar-refractivity contribution in [3.63, 3.8) is 0 Å². The van der Waals surface area contributed by atoms with Crippen LogP contribution in [0.15, 0.2) is 53.5 Å². The van der Waals surface area contributed by atoms with E-state index in [-0.39, 0.29) is 18.1 Å². The molecule has 0 atom stereocenters. The van der Waals surface area contributed by atoms with Crippen molar-refractivity contribution in [2.24, 2.45) is 0 Å². The highest BCUT2D eigenvalue weighted by Gasteiger charge is 2.05. The molecule has 0 saturated heterocycles. The van der Waals surface area contributed by atoms with Crippen LogP contribution in [0.5, 0.6) is 5.75 Å². The molecule has 0 bridgehead atoms. The van der Waals surface area contributed by atoms with Gasteiger partial charge in [-0.3, -0.25) is 14.0 Å². The van der Waals surface area contributed by atoms with Crippen molar-refractivity contribution >= 4 is 17.2 Å². The lowest BCUT2D eigenvalue weighted by Crippen LogP contribution is -2.16. The topological polar surface area (TPSA) is 72.7 Å². The second-order valence-corrected chi connectivity index (χ2v) is 6.48. The van der Waals surface area contributed by atoms with Crippen molar-refractivity contribution in [3.05, 3.63) is 70.3 Å². The van der Waals surface area contributed by atoms with E-state index < -0.39 is 0 Å². The van der Waals surface area contributed by atoms with E-state index in [0.29, 0.717) is 23.5 Å². The molecular formula is C21H23N3O3. The number of benzene rings is 1. The molecule has 3 rings (SSSR count). The summed E-state index contributed by atoms with van der Waals surface area (Å²) in [5.41, 5.74) is 2.81. The first-order valence-electron chi connectivity index (χ1n) is 9.07. The smallest absolute Gasteiger partial charge is 0.258 e. The van der Waals surface area contributed by atoms with E-state index >= 15 is 0 Å². The Morgan fingerprint density at radius 2 is 1.96 bits per heavy atom. The zero-order valence-electron chi connectivity index (χ0n) is 15.6. The van der Waals surface area contributed by atoms with Crippen molar-refractivity contribution in [2.75, 3.05) is 5.32 Å². The summed E-state index contributed by atoms with van der Waals surface area (Å²) in [6.07, 6.45) is 4.12. The number of nitrogens with one attached hydrogen (secondary N) is 1. The van der Waals surface area contributed by atoms with Gasteiger partial charge >= 0.3 is 0 Å². The van der Waals surface area contributed by atoms with Gasteiger partial charge in [0.15, 0.2) is 0 Å². The van der Waals surface area contributed by atoms with Gasteiger partial charge in [0.2, 0.25) is 5.91 Å². The van der Waals surface area contributed by atoms with Crippen LogP contribution < -0.4 is 15.6 Å². The van der Waals surface area contributed by atoms with Crippen molar-refractivity contribution < 1.29 is 9.53 Å². The van der Waals surface area contributed by atoms with Crippen LogP contribution in [-0.2, 0) is 11.4 Å². The molecule has 1 N–H and O–H groups in total. The molecular weight excluding hydrogens is 342 g/mol. The summed E-state index contributed by atoms with van der Waals surface area (Å²) in [4.78, 5) is 28.4. The summed E-state index contributed by atoms with van der Waals surface area (Å²) in [6, 6.07) is 12.4. The molecule has 0 radical (unpaired) electrons. The Kier molecular flexibility index (Phi) is 5.86. The Balaban J connectivity index is 1.64. The number of carbonyl (C=O) groups is 1. The number of rotatable bonds is 7. The number of unbranched alkanes of at least 4 members (excludes halogenated alkanes) is 1. The van der Waals surface area contributed by atoms with E-state index in [1.54, 1.807) is 30.5 Å². The van der Waals surface area contributed by atoms with Gasteiger partial charge in [0.1, 0.15) is 18.0 Å². The highest BCUT2D eigenvalue weighted by Crippen LogP contribution is 2.17. The van der Waals surface area contributed by atoms with Crippen LogP contribution >= 0.6 is 0 Å². The summed E-state index contributed by atoms with van der Waals surface area (Å²) in [7, 11) is 0. The molecule has 0 spiro atoms. The second kappa shape index (κ2) is 8.49. The van der Waals surface area contributed by atoms with Gasteiger partial charge in [0.25, 0.3) is 5.56 Å². The first-order valence-corrected chi connectivity index (χ1v) is 9.07. The number of pyridine rings is 1. The Morgan fingerprint density at radius 1 is 1.19 bits per heavy atom. The lowest BCUT2D eigenvalue weighted by Gasteiger charge is -2.09. The number of carbonyl (C=O) groups excluding carboxylic acids is 1. The van der Waals surface area contributed by atoms with Crippen LogP contribution in [0.2, 0.25) is 0 Å². The molecule has 0 aliphatic heterocycles. The summed E-state index contributed by atoms with van der Waals surface area (Å²) in [5.74, 6) is 0.662. The fourth-order valence-corrected chi connectivity index (χ4v) is 2.68. The number of aryl methyl sites for hydroxylation is 1. The van der Waals surface area contributed by atoms with Gasteiger partial charge in [0.05, 0.1) is 5.69 Å². The van der Waals surface area contributed by atoms with Crippen LogP contribution in [0, 0.1) is 6.92 Å². The maximum atomic E-state index is 12.2. The number of fused-ring (bicyclic) bond motifs is 1. The third-order valence-electron chi connectivity index (χ3n) is 4.16. The number of ether oxygens (including phenoxy) is 1. The molecule has 140 valence electrons. The second-order valence-electron chi connectivity index (χ2n) is 6.48. The molecule has 1 aromatic carbocycles. The van der Waals surface area contributed by atoms with E-state index in [1.807, 2.05) is 19.1 Å². The number of aromatic nitrogens is 2. The third-order valence-corrected chi connectivity index (χ3v) is 4.16. The van der Waals surface area contributed by atoms with Gasteiger partial charge in [-0.15, -0.1) is 0 Å². The van der Waals surface area contributed by atoms with E-state index in [9.17, 15) is 9.59 Å². The maximum absolute atomic E-state index is 12.2. The predicted octanol–water partition coefficient (Wildman–Crippen LogP) is 3.71. The molecule has 2 heterocycles. The van der Waals surface area contributed by atoms with Crippen LogP contribution in [0.25, 0.3) is 5.65 Å². The number of anilines is 1. The third kappa shape index (κ3) is 4.94. The molecule has 0 unspecified atom stereocenters. The Labute approximate surface area is 157 Å². The van der Waals surface area contributed by atoms with Gasteiger partial charge in [-0.1, -0.05) is 13.3 Å². The van der Waals surface area contributed by atoms with E-state index in [1.165, 1.54) is 10.5 Å². The summed E-state index contributed by atoms with van der Waals surface area (Å²) in [6.45, 7) is 4.21. The van der Waals surface area contributed by atoms with Gasteiger partial charge in [-0.05, 0) is 55.3 Å². The number of hydrogen-bond acceptors (Lipinski definition) is 4. The van der Waals surface area contributed by atoms with Crippen LogP contribution in [0.4, 0.5) is 5.69 Å². The minimum Gasteiger partial charge on any atom is -0.487 e. The average molecular weight is 365 g/mol. The lowest BCUT2D eigenvalue weighted by atomic mass is 10.2. The van der Waals surface area contributed by atoms with Crippen LogP contribution in [0.1, 0.15) is 37.4 Å². The first-order chi connectivity index (χ1) is 13.0. The van der Waals surface area contributed by atoms with E-state index in [2.05, 4.69) is 17.2 Å². The molecule has 27 heavy (non-hydrogen) atoms. The highest BCUT2D eigenvalue weighted by molar-refractivity contribution is 5.90. The fraction of sp³-hybridized carbons (Fsp3) is 0.286. The molecule has 0 aliphatic rings. The van der Waals surface area contributed by atoms with Crippen molar-refractivity contribution in [2.45, 2.75) is 39.7 Å². The Bertz CT molecular complexity index is 994. The fourth-order valence-electron chi connectivity index (χ4n) is 2.68. The zero-order chi connectivity index (χ0) is 19.2. The SMILES string of the molecule is CCCCC(=O)Nc1ccc(OCc2cc(=O)n3ccc(C)cc3n2)cc1. The first kappa shape index (κ1) is 18.6. The maximum Gasteiger partial charge on any atom is 0.258 e. The molecule has 3 aromatic rings. The number of amides is 1. The standard InChI is InChI=1S/C21H23N3O3/c1-3-4-5-20(25)23-16-6-8-18(9-7-16)27-14-17-13-21(26)24-11-10-15(2)12-19(24)22-17/h6-13H,3-5,14H2,1-2H3,(H,23,25). The minimum atomic E-state index is -0.135. The van der Waals surface area contributed by atoms with Crippen molar-refractivity contribution in [3.8, 4) is 5.75 Å². The van der Waals surface area contributed by atoms with Crippen LogP contribution in [0.3, 0.4) is 0 Å². The minimum absolute atomic E-state index is 0.0154. The van der Waals surface area contributed by atoms with E-state index in [0.717, 1.165) is 24.1 Å². The summed E-state index contributed by atoms with van der Waals surface area (Å²) >= 11 is 0. The monoisotopic (exact) mass is 365 g/mol. The van der Waals surface area contributed by atoms with Gasteiger partial charge in [0, 0.05) is 24.4 Å². The molecule has 6 heteroatoms. The molecule has 1 amide bonds. The van der Waals surface area contributed by atoms with Gasteiger partial charge < -0.3 is 10.1 Å². The molecule has 0 aliphatic carbocycles. The van der Waals surface area contributed by atoms with Crippen LogP contribution in [-0.4, -0.2) is 15.3 Å². The molecule has 0 saturated carbocycles. The zero-order valence-corrected chi connectivity index (χ0v) is 15.6. The molecule has 0 fully saturated rings. The number of hydrogen-bond donors (Lipinski definition) is 1. The number of nitrogens with zero attached hydrogens (tertiary/aromatic N) is 2. The highest BCUT2D eigenvalue weighted by atomic mass is 16.5. The largest absolute Gasteiger partial charge is 0.487 e. The predicted molar refractivity (Wildman–Crippen MR) is 105 cm³/mol. The van der Waals surface area contributed by atoms with E-state index in [4.69, 9.17) is 4.74 Å². The molecule has 2 aromatic heterocycles. The summed E-state index contributed by atoms with van der Waals surface area (Å²) in [5, 5.41) is 2.86. The van der Waals surface area contributed by atoms with Crippen molar-refractivity contribution in [1.29, 1.82) is 0 Å². The lowest BCUT2D eigenvalue weighted by molar-refractivity contribution is -0.116. The average Bonchev–Trinajstić information content (AvgIpc) is 2.65.